The number of phenolic OH excluding ortho intramolecular Hbond substituents is 2. The summed E-state index contributed by atoms with van der Waals surface area (Å²) < 4.78 is 13.7. The Morgan fingerprint density at radius 3 is 2.71 bits per heavy atom. The molecule has 21 heavy (non-hydrogen) atoms. The zero-order chi connectivity index (χ0) is 15.4. The fourth-order valence-electron chi connectivity index (χ4n) is 1.85. The Labute approximate surface area is 121 Å². The fraction of sp³-hybridized carbons (Fsp3) is 0.133. The zero-order valence-corrected chi connectivity index (χ0v) is 11.4. The van der Waals surface area contributed by atoms with E-state index < -0.39 is 5.82 Å². The highest BCUT2D eigenvalue weighted by Crippen LogP contribution is 2.29. The summed E-state index contributed by atoms with van der Waals surface area (Å²) in [5, 5.41) is 24.4. The minimum Gasteiger partial charge on any atom is -0.504 e. The molecule has 0 aliphatic heterocycles. The van der Waals surface area contributed by atoms with Gasteiger partial charge in [-0.05, 0) is 24.3 Å². The van der Waals surface area contributed by atoms with Crippen LogP contribution in [0.2, 0.25) is 0 Å². The van der Waals surface area contributed by atoms with Gasteiger partial charge in [-0.1, -0.05) is 12.1 Å². The number of amides is 1. The van der Waals surface area contributed by atoms with Crippen LogP contribution in [0.4, 0.5) is 15.8 Å². The quantitative estimate of drug-likeness (QED) is 0.653. The number of aromatic hydroxyl groups is 2. The van der Waals surface area contributed by atoms with Crippen molar-refractivity contribution in [3.05, 3.63) is 47.8 Å². The summed E-state index contributed by atoms with van der Waals surface area (Å²) in [7, 11) is 0. The zero-order valence-electron chi connectivity index (χ0n) is 11.4. The summed E-state index contributed by atoms with van der Waals surface area (Å²) in [6.07, 6.45) is 0. The van der Waals surface area contributed by atoms with E-state index in [1.807, 2.05) is 0 Å². The van der Waals surface area contributed by atoms with Crippen molar-refractivity contribution in [1.82, 2.24) is 0 Å². The smallest absolute Gasteiger partial charge is 0.221 e. The van der Waals surface area contributed by atoms with Crippen molar-refractivity contribution in [2.75, 3.05) is 10.6 Å². The molecule has 0 spiro atoms. The van der Waals surface area contributed by atoms with Crippen molar-refractivity contribution in [3.63, 3.8) is 0 Å². The molecule has 6 heteroatoms. The summed E-state index contributed by atoms with van der Waals surface area (Å²) in [5.41, 5.74) is 1.08. The largest absolute Gasteiger partial charge is 0.504 e. The lowest BCUT2D eigenvalue weighted by atomic mass is 10.1. The molecule has 110 valence electrons. The van der Waals surface area contributed by atoms with Crippen molar-refractivity contribution >= 4 is 17.3 Å². The summed E-state index contributed by atoms with van der Waals surface area (Å²) in [5.74, 6) is -1.22. The van der Waals surface area contributed by atoms with Gasteiger partial charge in [0.05, 0.1) is 5.69 Å². The van der Waals surface area contributed by atoms with Crippen LogP contribution >= 0.6 is 0 Å². The summed E-state index contributed by atoms with van der Waals surface area (Å²) in [6, 6.07) is 8.69. The van der Waals surface area contributed by atoms with Crippen LogP contribution in [0, 0.1) is 5.82 Å². The van der Waals surface area contributed by atoms with E-state index >= 15 is 0 Å². The molecule has 0 bridgehead atoms. The Bertz CT molecular complexity index is 674. The van der Waals surface area contributed by atoms with Gasteiger partial charge in [-0.15, -0.1) is 0 Å². The van der Waals surface area contributed by atoms with Crippen molar-refractivity contribution in [3.8, 4) is 11.5 Å². The number of hydrogen-bond donors (Lipinski definition) is 4. The molecule has 2 aromatic carbocycles. The Balaban J connectivity index is 2.15. The van der Waals surface area contributed by atoms with Crippen LogP contribution in [0.3, 0.4) is 0 Å². The molecule has 0 saturated carbocycles. The lowest BCUT2D eigenvalue weighted by Crippen LogP contribution is -2.07. The van der Waals surface area contributed by atoms with Gasteiger partial charge in [0, 0.05) is 24.7 Å². The first kappa shape index (κ1) is 14.6. The lowest BCUT2D eigenvalue weighted by Gasteiger charge is -2.11. The SMILES string of the molecule is CC(=O)Nc1ccc(F)c(NCc2cccc(O)c2O)c1. The molecule has 0 atom stereocenters. The number of benzene rings is 2. The average molecular weight is 290 g/mol. The van der Waals surface area contributed by atoms with Crippen LogP contribution in [-0.2, 0) is 11.3 Å². The molecule has 0 heterocycles. The summed E-state index contributed by atoms with van der Waals surface area (Å²) >= 11 is 0. The van der Waals surface area contributed by atoms with Gasteiger partial charge in [0.25, 0.3) is 0 Å². The molecule has 0 aliphatic rings. The molecule has 5 nitrogen and oxygen atoms in total. The Morgan fingerprint density at radius 2 is 2.00 bits per heavy atom. The lowest BCUT2D eigenvalue weighted by molar-refractivity contribution is -0.114. The number of rotatable bonds is 4. The van der Waals surface area contributed by atoms with Gasteiger partial charge >= 0.3 is 0 Å². The third kappa shape index (κ3) is 3.62. The standard InChI is InChI=1S/C15H15FN2O3/c1-9(19)18-11-5-6-12(16)13(7-11)17-8-10-3-2-4-14(20)15(10)21/h2-7,17,20-21H,8H2,1H3,(H,18,19). The molecular formula is C15H15FN2O3. The van der Waals surface area contributed by atoms with Gasteiger partial charge in [0.1, 0.15) is 5.82 Å². The molecule has 0 aromatic heterocycles. The number of anilines is 2. The third-order valence-corrected chi connectivity index (χ3v) is 2.85. The third-order valence-electron chi connectivity index (χ3n) is 2.85. The molecule has 0 fully saturated rings. The highest BCUT2D eigenvalue weighted by atomic mass is 19.1. The number of phenols is 2. The maximum Gasteiger partial charge on any atom is 0.221 e. The van der Waals surface area contributed by atoms with E-state index in [2.05, 4.69) is 10.6 Å². The molecule has 4 N–H and O–H groups in total. The van der Waals surface area contributed by atoms with Gasteiger partial charge in [-0.25, -0.2) is 4.39 Å². The summed E-state index contributed by atoms with van der Waals surface area (Å²) in [6.45, 7) is 1.49. The molecule has 2 rings (SSSR count). The number of para-hydroxylation sites is 1. The first-order chi connectivity index (χ1) is 9.97. The van der Waals surface area contributed by atoms with Gasteiger partial charge in [0.2, 0.25) is 5.91 Å². The fourth-order valence-corrected chi connectivity index (χ4v) is 1.85. The maximum atomic E-state index is 13.7. The van der Waals surface area contributed by atoms with Crippen molar-refractivity contribution in [1.29, 1.82) is 0 Å². The average Bonchev–Trinajstić information content (AvgIpc) is 2.43. The molecule has 1 amide bonds. The Kier molecular flexibility index (Phi) is 4.27. The van der Waals surface area contributed by atoms with Crippen LogP contribution < -0.4 is 10.6 Å². The van der Waals surface area contributed by atoms with Crippen LogP contribution in [-0.4, -0.2) is 16.1 Å². The second-order valence-corrected chi connectivity index (χ2v) is 4.51. The minimum atomic E-state index is -0.483. The Hall–Kier alpha value is -2.76. The summed E-state index contributed by atoms with van der Waals surface area (Å²) in [4.78, 5) is 11.0. The second-order valence-electron chi connectivity index (χ2n) is 4.51. The molecule has 0 unspecified atom stereocenters. The molecule has 0 radical (unpaired) electrons. The molecule has 0 aliphatic carbocycles. The van der Waals surface area contributed by atoms with Crippen LogP contribution in [0.15, 0.2) is 36.4 Å². The van der Waals surface area contributed by atoms with Gasteiger partial charge < -0.3 is 20.8 Å². The number of nitrogens with one attached hydrogen (secondary N) is 2. The van der Waals surface area contributed by atoms with Crippen LogP contribution in [0.25, 0.3) is 0 Å². The Morgan fingerprint density at radius 1 is 1.24 bits per heavy atom. The first-order valence-electron chi connectivity index (χ1n) is 6.28. The number of carbonyl (C=O) groups excluding carboxylic acids is 1. The monoisotopic (exact) mass is 290 g/mol. The van der Waals surface area contributed by atoms with Crippen LogP contribution in [0.1, 0.15) is 12.5 Å². The van der Waals surface area contributed by atoms with E-state index in [1.165, 1.54) is 31.2 Å². The van der Waals surface area contributed by atoms with Crippen LogP contribution in [0.5, 0.6) is 11.5 Å². The highest BCUT2D eigenvalue weighted by molar-refractivity contribution is 5.89. The van der Waals surface area contributed by atoms with E-state index in [0.717, 1.165) is 0 Å². The van der Waals surface area contributed by atoms with E-state index in [0.29, 0.717) is 11.3 Å². The topological polar surface area (TPSA) is 81.6 Å². The number of halogens is 1. The first-order valence-corrected chi connectivity index (χ1v) is 6.28. The predicted octanol–water partition coefficient (Wildman–Crippen LogP) is 2.81. The number of hydrogen-bond acceptors (Lipinski definition) is 4. The van der Waals surface area contributed by atoms with Crippen molar-refractivity contribution in [2.45, 2.75) is 13.5 Å². The molecule has 2 aromatic rings. The molecule has 0 saturated heterocycles. The van der Waals surface area contributed by atoms with E-state index in [1.54, 1.807) is 12.1 Å². The van der Waals surface area contributed by atoms with Gasteiger partial charge in [-0.2, -0.15) is 0 Å². The molecular weight excluding hydrogens is 275 g/mol. The minimum absolute atomic E-state index is 0.126. The van der Waals surface area contributed by atoms with Gasteiger partial charge in [0.15, 0.2) is 11.5 Å². The number of carbonyl (C=O) groups is 1. The normalized spacial score (nSPS) is 10.2. The second kappa shape index (κ2) is 6.13. The van der Waals surface area contributed by atoms with E-state index in [-0.39, 0.29) is 29.6 Å². The van der Waals surface area contributed by atoms with Gasteiger partial charge in [-0.3, -0.25) is 4.79 Å². The van der Waals surface area contributed by atoms with Crippen molar-refractivity contribution < 1.29 is 19.4 Å². The predicted molar refractivity (Wildman–Crippen MR) is 77.8 cm³/mol. The van der Waals surface area contributed by atoms with Crippen molar-refractivity contribution in [2.24, 2.45) is 0 Å². The van der Waals surface area contributed by atoms with E-state index in [9.17, 15) is 19.4 Å². The maximum absolute atomic E-state index is 13.7. The van der Waals surface area contributed by atoms with E-state index in [4.69, 9.17) is 0 Å². The highest BCUT2D eigenvalue weighted by Gasteiger charge is 2.08.